The molecule has 0 aromatic heterocycles. The van der Waals surface area contributed by atoms with E-state index >= 15 is 0 Å². The summed E-state index contributed by atoms with van der Waals surface area (Å²) in [4.78, 5) is 4.77. The summed E-state index contributed by atoms with van der Waals surface area (Å²) < 4.78 is 14.3. The SMILES string of the molecule is CCCN=C(/C=C(\C)C(C)(C)C)c1cc(C(C)(C)F)ccc1C. The van der Waals surface area contributed by atoms with Crippen LogP contribution < -0.4 is 0 Å². The number of allylic oxidation sites excluding steroid dienone is 2. The first-order valence-electron chi connectivity index (χ1n) is 8.50. The van der Waals surface area contributed by atoms with Crippen molar-refractivity contribution in [1.29, 1.82) is 0 Å². The lowest BCUT2D eigenvalue weighted by molar-refractivity contribution is 0.221. The number of alkyl halides is 1. The van der Waals surface area contributed by atoms with Crippen molar-refractivity contribution in [3.8, 4) is 0 Å². The van der Waals surface area contributed by atoms with Crippen LogP contribution in [-0.2, 0) is 5.67 Å². The molecule has 1 nitrogen and oxygen atoms in total. The summed E-state index contributed by atoms with van der Waals surface area (Å²) in [6, 6.07) is 5.82. The molecule has 0 unspecified atom stereocenters. The van der Waals surface area contributed by atoms with E-state index in [0.717, 1.165) is 29.8 Å². The summed E-state index contributed by atoms with van der Waals surface area (Å²) >= 11 is 0. The summed E-state index contributed by atoms with van der Waals surface area (Å²) in [7, 11) is 0. The van der Waals surface area contributed by atoms with Crippen molar-refractivity contribution < 1.29 is 4.39 Å². The zero-order valence-corrected chi connectivity index (χ0v) is 16.0. The molecule has 0 aliphatic carbocycles. The Labute approximate surface area is 141 Å². The van der Waals surface area contributed by atoms with E-state index in [1.54, 1.807) is 13.8 Å². The third-order valence-electron chi connectivity index (χ3n) is 4.24. The van der Waals surface area contributed by atoms with Gasteiger partial charge in [0.05, 0.1) is 5.71 Å². The van der Waals surface area contributed by atoms with Gasteiger partial charge in [-0.05, 0) is 62.8 Å². The van der Waals surface area contributed by atoms with Crippen LogP contribution in [0.2, 0.25) is 0 Å². The first-order valence-corrected chi connectivity index (χ1v) is 8.50. The minimum absolute atomic E-state index is 0.0951. The lowest BCUT2D eigenvalue weighted by Gasteiger charge is -2.21. The molecule has 1 aromatic carbocycles. The number of nitrogens with zero attached hydrogens (tertiary/aromatic N) is 1. The van der Waals surface area contributed by atoms with E-state index in [0.29, 0.717) is 5.56 Å². The molecule has 0 atom stereocenters. The molecule has 0 N–H and O–H groups in total. The normalized spacial score (nSPS) is 14.3. The fraction of sp³-hybridized carbons (Fsp3) is 0.571. The molecular formula is C21H32FN. The Morgan fingerprint density at radius 2 is 1.78 bits per heavy atom. The number of aryl methyl sites for hydroxylation is 1. The third-order valence-corrected chi connectivity index (χ3v) is 4.24. The van der Waals surface area contributed by atoms with Gasteiger partial charge < -0.3 is 0 Å². The molecule has 0 bridgehead atoms. The van der Waals surface area contributed by atoms with Crippen molar-refractivity contribution in [2.75, 3.05) is 6.54 Å². The summed E-state index contributed by atoms with van der Waals surface area (Å²) in [5.41, 5.74) is 3.85. The minimum Gasteiger partial charge on any atom is -0.285 e. The minimum atomic E-state index is -1.35. The molecule has 0 radical (unpaired) electrons. The second kappa shape index (κ2) is 7.42. The average molecular weight is 317 g/mol. The first-order chi connectivity index (χ1) is 10.5. The van der Waals surface area contributed by atoms with Crippen molar-refractivity contribution in [2.24, 2.45) is 10.4 Å². The zero-order chi connectivity index (χ0) is 17.8. The number of aliphatic imine (C=N–C) groups is 1. The van der Waals surface area contributed by atoms with Crippen molar-refractivity contribution in [3.63, 3.8) is 0 Å². The van der Waals surface area contributed by atoms with E-state index in [2.05, 4.69) is 47.6 Å². The smallest absolute Gasteiger partial charge is 0.130 e. The van der Waals surface area contributed by atoms with Crippen LogP contribution in [-0.4, -0.2) is 12.3 Å². The maximum absolute atomic E-state index is 14.3. The number of benzene rings is 1. The molecule has 0 spiro atoms. The van der Waals surface area contributed by atoms with Gasteiger partial charge in [0.1, 0.15) is 5.67 Å². The molecule has 128 valence electrons. The van der Waals surface area contributed by atoms with E-state index < -0.39 is 5.67 Å². The Bertz CT molecular complexity index is 595. The standard InChI is InChI=1S/C21H32FN/c1-9-12-23-19(13-16(3)20(4,5)6)18-14-17(21(7,8)22)11-10-15(18)2/h10-11,13-14H,9,12H2,1-8H3/b16-13+,23-19?. The van der Waals surface area contributed by atoms with Crippen molar-refractivity contribution in [1.82, 2.24) is 0 Å². The zero-order valence-electron chi connectivity index (χ0n) is 16.0. The lowest BCUT2D eigenvalue weighted by Crippen LogP contribution is -2.13. The summed E-state index contributed by atoms with van der Waals surface area (Å²) in [6.07, 6.45) is 3.16. The fourth-order valence-electron chi connectivity index (χ4n) is 2.13. The van der Waals surface area contributed by atoms with Crippen LogP contribution in [0.3, 0.4) is 0 Å². The van der Waals surface area contributed by atoms with Gasteiger partial charge in [-0.25, -0.2) is 4.39 Å². The van der Waals surface area contributed by atoms with Gasteiger partial charge in [0.2, 0.25) is 0 Å². The highest BCUT2D eigenvalue weighted by Crippen LogP contribution is 2.29. The topological polar surface area (TPSA) is 12.4 Å². The van der Waals surface area contributed by atoms with Gasteiger partial charge in [0, 0.05) is 12.1 Å². The van der Waals surface area contributed by atoms with Crippen molar-refractivity contribution in [2.45, 2.75) is 67.5 Å². The Hall–Kier alpha value is -1.44. The van der Waals surface area contributed by atoms with Gasteiger partial charge in [-0.3, -0.25) is 4.99 Å². The second-order valence-corrected chi connectivity index (χ2v) is 7.85. The van der Waals surface area contributed by atoms with Gasteiger partial charge in [-0.1, -0.05) is 45.4 Å². The Balaban J connectivity index is 3.45. The van der Waals surface area contributed by atoms with Crippen LogP contribution in [0.5, 0.6) is 0 Å². The molecule has 0 amide bonds. The van der Waals surface area contributed by atoms with Crippen LogP contribution in [0.1, 0.15) is 71.6 Å². The van der Waals surface area contributed by atoms with E-state index in [1.807, 2.05) is 18.2 Å². The van der Waals surface area contributed by atoms with Gasteiger partial charge in [-0.15, -0.1) is 0 Å². The molecular weight excluding hydrogens is 285 g/mol. The Morgan fingerprint density at radius 1 is 1.17 bits per heavy atom. The summed E-state index contributed by atoms with van der Waals surface area (Å²) in [6.45, 7) is 16.9. The predicted molar refractivity (Wildman–Crippen MR) is 100 cm³/mol. The van der Waals surface area contributed by atoms with Crippen LogP contribution in [0.4, 0.5) is 4.39 Å². The molecule has 0 saturated carbocycles. The van der Waals surface area contributed by atoms with E-state index in [-0.39, 0.29) is 5.41 Å². The molecule has 23 heavy (non-hydrogen) atoms. The van der Waals surface area contributed by atoms with Gasteiger partial charge in [-0.2, -0.15) is 0 Å². The van der Waals surface area contributed by atoms with Gasteiger partial charge in [0.15, 0.2) is 0 Å². The molecule has 1 rings (SSSR count). The Kier molecular flexibility index (Phi) is 6.33. The summed E-state index contributed by atoms with van der Waals surface area (Å²) in [5, 5.41) is 0. The maximum atomic E-state index is 14.3. The van der Waals surface area contributed by atoms with Crippen molar-refractivity contribution >= 4 is 5.71 Å². The summed E-state index contributed by atoms with van der Waals surface area (Å²) in [5.74, 6) is 0. The average Bonchev–Trinajstić information content (AvgIpc) is 2.41. The quantitative estimate of drug-likeness (QED) is 0.558. The molecule has 0 saturated heterocycles. The monoisotopic (exact) mass is 317 g/mol. The van der Waals surface area contributed by atoms with Crippen LogP contribution in [0.15, 0.2) is 34.8 Å². The van der Waals surface area contributed by atoms with E-state index in [9.17, 15) is 4.39 Å². The second-order valence-electron chi connectivity index (χ2n) is 7.85. The van der Waals surface area contributed by atoms with Crippen LogP contribution in [0, 0.1) is 12.3 Å². The number of hydrogen-bond acceptors (Lipinski definition) is 1. The highest BCUT2D eigenvalue weighted by molar-refractivity contribution is 6.10. The van der Waals surface area contributed by atoms with Gasteiger partial charge >= 0.3 is 0 Å². The number of rotatable bonds is 5. The van der Waals surface area contributed by atoms with Gasteiger partial charge in [0.25, 0.3) is 0 Å². The molecule has 0 fully saturated rings. The molecule has 2 heteroatoms. The number of hydrogen-bond donors (Lipinski definition) is 0. The van der Waals surface area contributed by atoms with E-state index in [1.165, 1.54) is 5.57 Å². The highest BCUT2D eigenvalue weighted by Gasteiger charge is 2.21. The number of halogens is 1. The largest absolute Gasteiger partial charge is 0.285 e. The van der Waals surface area contributed by atoms with E-state index in [4.69, 9.17) is 4.99 Å². The molecule has 0 heterocycles. The predicted octanol–water partition coefficient (Wildman–Crippen LogP) is 6.39. The molecule has 1 aromatic rings. The van der Waals surface area contributed by atoms with Crippen LogP contribution in [0.25, 0.3) is 0 Å². The van der Waals surface area contributed by atoms with Crippen LogP contribution >= 0.6 is 0 Å². The highest BCUT2D eigenvalue weighted by atomic mass is 19.1. The molecule has 0 aliphatic heterocycles. The maximum Gasteiger partial charge on any atom is 0.130 e. The molecule has 0 aliphatic rings. The third kappa shape index (κ3) is 5.60. The fourth-order valence-corrected chi connectivity index (χ4v) is 2.13. The van der Waals surface area contributed by atoms with Crippen molar-refractivity contribution in [3.05, 3.63) is 46.5 Å². The lowest BCUT2D eigenvalue weighted by atomic mass is 9.85. The first kappa shape index (κ1) is 19.6. The Morgan fingerprint density at radius 3 is 2.26 bits per heavy atom.